The highest BCUT2D eigenvalue weighted by Gasteiger charge is 2.28. The maximum atomic E-state index is 13.0. The van der Waals surface area contributed by atoms with Gasteiger partial charge in [0, 0.05) is 13.1 Å². The predicted molar refractivity (Wildman–Crippen MR) is 103 cm³/mol. The summed E-state index contributed by atoms with van der Waals surface area (Å²) in [4.78, 5) is 26.3. The normalized spacial score (nSPS) is 16.6. The molecule has 2 aliphatic rings. The molecule has 6 nitrogen and oxygen atoms in total. The standard InChI is InChI=1S/C22H23NO5/c24-21(18-6-3-7-19-20(18)28-13-12-27-19)23-10-8-15(9-11-23)14-16-4-1-2-5-17(16)22(25)26/h1-7,15H,8-14H2,(H,25,26). The highest BCUT2D eigenvalue weighted by atomic mass is 16.6. The Kier molecular flexibility index (Phi) is 5.19. The van der Waals surface area contributed by atoms with Crippen LogP contribution in [-0.2, 0) is 6.42 Å². The lowest BCUT2D eigenvalue weighted by atomic mass is 9.88. The van der Waals surface area contributed by atoms with Crippen molar-refractivity contribution in [1.82, 2.24) is 4.90 Å². The summed E-state index contributed by atoms with van der Waals surface area (Å²) < 4.78 is 11.2. The highest BCUT2D eigenvalue weighted by molar-refractivity contribution is 5.98. The van der Waals surface area contributed by atoms with Crippen LogP contribution in [-0.4, -0.2) is 48.2 Å². The minimum atomic E-state index is -0.890. The molecule has 2 aliphatic heterocycles. The minimum absolute atomic E-state index is 0.0354. The fourth-order valence-electron chi connectivity index (χ4n) is 3.97. The van der Waals surface area contributed by atoms with Crippen LogP contribution < -0.4 is 9.47 Å². The van der Waals surface area contributed by atoms with Gasteiger partial charge in [-0.3, -0.25) is 4.79 Å². The van der Waals surface area contributed by atoms with Crippen molar-refractivity contribution < 1.29 is 24.2 Å². The van der Waals surface area contributed by atoms with E-state index in [1.54, 1.807) is 18.2 Å². The number of hydrogen-bond acceptors (Lipinski definition) is 4. The molecule has 1 fully saturated rings. The van der Waals surface area contributed by atoms with Crippen molar-refractivity contribution in [1.29, 1.82) is 0 Å². The predicted octanol–water partition coefficient (Wildman–Crippen LogP) is 3.25. The summed E-state index contributed by atoms with van der Waals surface area (Å²) in [6, 6.07) is 12.6. The number of carboxylic acids is 1. The summed E-state index contributed by atoms with van der Waals surface area (Å²) in [5.74, 6) is 0.605. The van der Waals surface area contributed by atoms with E-state index in [4.69, 9.17) is 9.47 Å². The first-order chi connectivity index (χ1) is 13.6. The van der Waals surface area contributed by atoms with Gasteiger partial charge in [-0.05, 0) is 48.9 Å². The molecule has 28 heavy (non-hydrogen) atoms. The first-order valence-corrected chi connectivity index (χ1v) is 9.62. The van der Waals surface area contributed by atoms with E-state index in [-0.39, 0.29) is 5.91 Å². The smallest absolute Gasteiger partial charge is 0.335 e. The number of carboxylic acid groups (broad SMARTS) is 1. The largest absolute Gasteiger partial charge is 0.486 e. The van der Waals surface area contributed by atoms with Crippen molar-refractivity contribution in [2.45, 2.75) is 19.3 Å². The lowest BCUT2D eigenvalue weighted by Crippen LogP contribution is -2.39. The summed E-state index contributed by atoms with van der Waals surface area (Å²) in [5.41, 5.74) is 1.78. The molecule has 2 heterocycles. The Morgan fingerprint density at radius 3 is 2.46 bits per heavy atom. The van der Waals surface area contributed by atoms with E-state index in [1.165, 1.54) is 0 Å². The van der Waals surface area contributed by atoms with Crippen molar-refractivity contribution >= 4 is 11.9 Å². The molecule has 0 aliphatic carbocycles. The highest BCUT2D eigenvalue weighted by Crippen LogP contribution is 2.35. The van der Waals surface area contributed by atoms with E-state index >= 15 is 0 Å². The number of benzene rings is 2. The number of carbonyl (C=O) groups is 2. The van der Waals surface area contributed by atoms with Crippen LogP contribution in [0.1, 0.15) is 39.1 Å². The molecule has 0 spiro atoms. The van der Waals surface area contributed by atoms with Gasteiger partial charge in [0.05, 0.1) is 11.1 Å². The molecule has 6 heteroatoms. The number of amides is 1. The molecule has 0 radical (unpaired) electrons. The van der Waals surface area contributed by atoms with Gasteiger partial charge in [-0.25, -0.2) is 4.79 Å². The van der Waals surface area contributed by atoms with E-state index in [0.29, 0.717) is 54.8 Å². The first-order valence-electron chi connectivity index (χ1n) is 9.62. The molecule has 1 amide bonds. The molecule has 0 bridgehead atoms. The number of fused-ring (bicyclic) bond motifs is 1. The first kappa shape index (κ1) is 18.3. The zero-order valence-electron chi connectivity index (χ0n) is 15.6. The van der Waals surface area contributed by atoms with Gasteiger partial charge in [0.2, 0.25) is 0 Å². The van der Waals surface area contributed by atoms with Gasteiger partial charge >= 0.3 is 5.97 Å². The number of carbonyl (C=O) groups excluding carboxylic acids is 1. The van der Waals surface area contributed by atoms with Gasteiger partial charge in [0.25, 0.3) is 5.91 Å². The van der Waals surface area contributed by atoms with E-state index in [9.17, 15) is 14.7 Å². The number of aromatic carboxylic acids is 1. The molecule has 146 valence electrons. The second kappa shape index (κ2) is 7.92. The van der Waals surface area contributed by atoms with Crippen molar-refractivity contribution in [2.75, 3.05) is 26.3 Å². The fourth-order valence-corrected chi connectivity index (χ4v) is 3.97. The van der Waals surface area contributed by atoms with Gasteiger partial charge < -0.3 is 19.5 Å². The molecule has 1 saturated heterocycles. The van der Waals surface area contributed by atoms with Gasteiger partial charge in [-0.1, -0.05) is 24.3 Å². The van der Waals surface area contributed by atoms with Crippen LogP contribution in [0, 0.1) is 5.92 Å². The van der Waals surface area contributed by atoms with Gasteiger partial charge in [-0.2, -0.15) is 0 Å². The van der Waals surface area contributed by atoms with Gasteiger partial charge in [0.15, 0.2) is 11.5 Å². The van der Waals surface area contributed by atoms with Crippen molar-refractivity contribution in [3.8, 4) is 11.5 Å². The summed E-state index contributed by atoms with van der Waals surface area (Å²) in [7, 11) is 0. The molecule has 2 aromatic rings. The quantitative estimate of drug-likeness (QED) is 0.880. The SMILES string of the molecule is O=C(O)c1ccccc1CC1CCN(C(=O)c2cccc3c2OCCO3)CC1. The van der Waals surface area contributed by atoms with Crippen LogP contribution in [0.25, 0.3) is 0 Å². The number of rotatable bonds is 4. The van der Waals surface area contributed by atoms with Gasteiger partial charge in [-0.15, -0.1) is 0 Å². The Morgan fingerprint density at radius 1 is 0.964 bits per heavy atom. The van der Waals surface area contributed by atoms with Crippen molar-refractivity contribution in [3.63, 3.8) is 0 Å². The minimum Gasteiger partial charge on any atom is -0.486 e. The van der Waals surface area contributed by atoms with Crippen molar-refractivity contribution in [3.05, 3.63) is 59.2 Å². The average Bonchev–Trinajstić information content (AvgIpc) is 2.73. The number of hydrogen-bond donors (Lipinski definition) is 1. The number of piperidine rings is 1. The van der Waals surface area contributed by atoms with E-state index in [0.717, 1.165) is 24.8 Å². The summed E-state index contributed by atoms with van der Waals surface area (Å²) in [6.45, 7) is 2.25. The molecule has 0 atom stereocenters. The Bertz CT molecular complexity index is 886. The Morgan fingerprint density at radius 2 is 1.68 bits per heavy atom. The average molecular weight is 381 g/mol. The van der Waals surface area contributed by atoms with Crippen LogP contribution in [0.15, 0.2) is 42.5 Å². The molecule has 1 N–H and O–H groups in total. The van der Waals surface area contributed by atoms with E-state index in [1.807, 2.05) is 29.2 Å². The topological polar surface area (TPSA) is 76.1 Å². The lowest BCUT2D eigenvalue weighted by Gasteiger charge is -2.33. The third kappa shape index (κ3) is 3.67. The zero-order chi connectivity index (χ0) is 19.5. The molecule has 2 aromatic carbocycles. The van der Waals surface area contributed by atoms with Crippen LogP contribution in [0.2, 0.25) is 0 Å². The molecular weight excluding hydrogens is 358 g/mol. The summed E-state index contributed by atoms with van der Waals surface area (Å²) >= 11 is 0. The Labute approximate surface area is 163 Å². The number of para-hydroxylation sites is 1. The van der Waals surface area contributed by atoms with E-state index < -0.39 is 5.97 Å². The number of ether oxygens (including phenoxy) is 2. The van der Waals surface area contributed by atoms with Crippen LogP contribution in [0.3, 0.4) is 0 Å². The molecule has 0 aromatic heterocycles. The zero-order valence-corrected chi connectivity index (χ0v) is 15.6. The molecule has 4 rings (SSSR count). The maximum Gasteiger partial charge on any atom is 0.335 e. The molecular formula is C22H23NO5. The summed E-state index contributed by atoms with van der Waals surface area (Å²) in [6.07, 6.45) is 2.43. The summed E-state index contributed by atoms with van der Waals surface area (Å²) in [5, 5.41) is 9.36. The monoisotopic (exact) mass is 381 g/mol. The second-order valence-corrected chi connectivity index (χ2v) is 7.23. The molecule has 0 unspecified atom stereocenters. The Balaban J connectivity index is 1.41. The lowest BCUT2D eigenvalue weighted by molar-refractivity contribution is 0.0680. The van der Waals surface area contributed by atoms with E-state index in [2.05, 4.69) is 0 Å². The van der Waals surface area contributed by atoms with Crippen LogP contribution in [0.5, 0.6) is 11.5 Å². The third-order valence-corrected chi connectivity index (χ3v) is 5.45. The van der Waals surface area contributed by atoms with Crippen molar-refractivity contribution in [2.24, 2.45) is 5.92 Å². The van der Waals surface area contributed by atoms with Crippen LogP contribution in [0.4, 0.5) is 0 Å². The van der Waals surface area contributed by atoms with Crippen LogP contribution >= 0.6 is 0 Å². The second-order valence-electron chi connectivity index (χ2n) is 7.23. The fraction of sp³-hybridized carbons (Fsp3) is 0.364. The molecule has 0 saturated carbocycles. The number of likely N-dealkylation sites (tertiary alicyclic amines) is 1. The van der Waals surface area contributed by atoms with Gasteiger partial charge in [0.1, 0.15) is 13.2 Å². The third-order valence-electron chi connectivity index (χ3n) is 5.45. The Hall–Kier alpha value is -3.02. The maximum absolute atomic E-state index is 13.0. The number of nitrogens with zero attached hydrogens (tertiary/aromatic N) is 1.